The molecule has 0 radical (unpaired) electrons. The molecule has 0 spiro atoms. The summed E-state index contributed by atoms with van der Waals surface area (Å²) in [6.07, 6.45) is 3.80. The van der Waals surface area contributed by atoms with E-state index in [-0.39, 0.29) is 11.6 Å². The maximum absolute atomic E-state index is 12.0. The van der Waals surface area contributed by atoms with Crippen LogP contribution in [0.5, 0.6) is 0 Å². The number of aromatic nitrogens is 2. The molecule has 3 amide bonds. The van der Waals surface area contributed by atoms with Crippen LogP contribution in [-0.4, -0.2) is 40.5 Å². The van der Waals surface area contributed by atoms with Gasteiger partial charge in [0.2, 0.25) is 0 Å². The number of benzene rings is 1. The first-order chi connectivity index (χ1) is 11.5. The standard InChI is InChI=1S/C16H18N4O4/c1-3-10(2)19-16(23)20-14(21)9-24-15(22)11-4-5-12-13(8-11)18-7-6-17-12/h4-8,10H,3,9H2,1-2H3,(H2,19,20,21,23)/t10-/m1/s1. The number of carbonyl (C=O) groups excluding carboxylic acids is 3. The SMILES string of the molecule is CC[C@@H](C)NC(=O)NC(=O)COC(=O)c1ccc2nccnc2c1. The highest BCUT2D eigenvalue weighted by Gasteiger charge is 2.14. The van der Waals surface area contributed by atoms with Crippen molar-refractivity contribution in [1.29, 1.82) is 0 Å². The molecule has 1 heterocycles. The van der Waals surface area contributed by atoms with Crippen LogP contribution in [0.2, 0.25) is 0 Å². The van der Waals surface area contributed by atoms with Crippen LogP contribution in [0.3, 0.4) is 0 Å². The lowest BCUT2D eigenvalue weighted by molar-refractivity contribution is -0.123. The number of rotatable bonds is 5. The predicted molar refractivity (Wildman–Crippen MR) is 86.2 cm³/mol. The van der Waals surface area contributed by atoms with Crippen LogP contribution < -0.4 is 10.6 Å². The van der Waals surface area contributed by atoms with E-state index >= 15 is 0 Å². The summed E-state index contributed by atoms with van der Waals surface area (Å²) in [5.74, 6) is -1.38. The molecule has 2 aromatic rings. The van der Waals surface area contributed by atoms with E-state index in [1.54, 1.807) is 12.3 Å². The van der Waals surface area contributed by atoms with Crippen molar-refractivity contribution in [2.24, 2.45) is 0 Å². The van der Waals surface area contributed by atoms with Gasteiger partial charge in [-0.2, -0.15) is 0 Å². The van der Waals surface area contributed by atoms with Gasteiger partial charge in [-0.1, -0.05) is 6.92 Å². The van der Waals surface area contributed by atoms with Crippen LogP contribution in [0.4, 0.5) is 4.79 Å². The monoisotopic (exact) mass is 330 g/mol. The molecule has 2 rings (SSSR count). The Kier molecular flexibility index (Phi) is 5.78. The van der Waals surface area contributed by atoms with Crippen LogP contribution in [0, 0.1) is 0 Å². The van der Waals surface area contributed by atoms with Crippen molar-refractivity contribution in [3.8, 4) is 0 Å². The maximum atomic E-state index is 12.0. The molecule has 1 atom stereocenters. The number of imide groups is 1. The number of amides is 3. The zero-order valence-corrected chi connectivity index (χ0v) is 13.4. The first kappa shape index (κ1) is 17.3. The van der Waals surface area contributed by atoms with Gasteiger partial charge in [0, 0.05) is 18.4 Å². The maximum Gasteiger partial charge on any atom is 0.338 e. The van der Waals surface area contributed by atoms with Gasteiger partial charge in [-0.15, -0.1) is 0 Å². The molecule has 8 nitrogen and oxygen atoms in total. The molecule has 2 N–H and O–H groups in total. The first-order valence-corrected chi connectivity index (χ1v) is 7.48. The van der Waals surface area contributed by atoms with E-state index in [0.717, 1.165) is 6.42 Å². The highest BCUT2D eigenvalue weighted by molar-refractivity contribution is 5.98. The van der Waals surface area contributed by atoms with Crippen molar-refractivity contribution in [3.63, 3.8) is 0 Å². The molecule has 24 heavy (non-hydrogen) atoms. The smallest absolute Gasteiger partial charge is 0.338 e. The van der Waals surface area contributed by atoms with E-state index in [4.69, 9.17) is 4.74 Å². The summed E-state index contributed by atoms with van der Waals surface area (Å²) in [6.45, 7) is 3.17. The highest BCUT2D eigenvalue weighted by atomic mass is 16.5. The molecule has 0 bridgehead atoms. The quantitative estimate of drug-likeness (QED) is 0.802. The molecule has 8 heteroatoms. The predicted octanol–water partition coefficient (Wildman–Crippen LogP) is 1.41. The Morgan fingerprint density at radius 1 is 1.17 bits per heavy atom. The summed E-state index contributed by atoms with van der Waals surface area (Å²) < 4.78 is 4.89. The van der Waals surface area contributed by atoms with Gasteiger partial charge in [-0.25, -0.2) is 9.59 Å². The van der Waals surface area contributed by atoms with Gasteiger partial charge in [0.1, 0.15) is 0 Å². The number of esters is 1. The number of hydrogen-bond donors (Lipinski definition) is 2. The van der Waals surface area contributed by atoms with E-state index in [1.807, 2.05) is 13.8 Å². The topological polar surface area (TPSA) is 110 Å². The number of nitrogens with one attached hydrogen (secondary N) is 2. The number of nitrogens with zero attached hydrogens (tertiary/aromatic N) is 2. The third-order valence-corrected chi connectivity index (χ3v) is 3.28. The summed E-state index contributed by atoms with van der Waals surface area (Å²) in [7, 11) is 0. The molecule has 0 saturated carbocycles. The Morgan fingerprint density at radius 2 is 1.88 bits per heavy atom. The fourth-order valence-corrected chi connectivity index (χ4v) is 1.83. The van der Waals surface area contributed by atoms with Crippen molar-refractivity contribution in [3.05, 3.63) is 36.2 Å². The van der Waals surface area contributed by atoms with Crippen molar-refractivity contribution >= 4 is 28.9 Å². The second-order valence-corrected chi connectivity index (χ2v) is 5.17. The molecule has 0 saturated heterocycles. The molecule has 0 fully saturated rings. The summed E-state index contributed by atoms with van der Waals surface area (Å²) >= 11 is 0. The number of fused-ring (bicyclic) bond motifs is 1. The normalized spacial score (nSPS) is 11.6. The highest BCUT2D eigenvalue weighted by Crippen LogP contribution is 2.11. The van der Waals surface area contributed by atoms with Crippen molar-refractivity contribution in [2.75, 3.05) is 6.61 Å². The second kappa shape index (κ2) is 8.00. The number of ether oxygens (including phenoxy) is 1. The molecule has 126 valence electrons. The lowest BCUT2D eigenvalue weighted by Crippen LogP contribution is -2.44. The summed E-state index contributed by atoms with van der Waals surface area (Å²) in [6, 6.07) is 4.02. The van der Waals surface area contributed by atoms with Gasteiger partial charge >= 0.3 is 12.0 Å². The van der Waals surface area contributed by atoms with E-state index in [1.165, 1.54) is 18.3 Å². The van der Waals surface area contributed by atoms with E-state index in [9.17, 15) is 14.4 Å². The molecule has 0 aliphatic rings. The fraction of sp³-hybridized carbons (Fsp3) is 0.312. The summed E-state index contributed by atoms with van der Waals surface area (Å²) in [5.41, 5.74) is 1.44. The van der Waals surface area contributed by atoms with Crippen LogP contribution >= 0.6 is 0 Å². The molecule has 1 aromatic heterocycles. The van der Waals surface area contributed by atoms with E-state index < -0.39 is 24.5 Å². The van der Waals surface area contributed by atoms with Crippen LogP contribution in [0.1, 0.15) is 30.6 Å². The third-order valence-electron chi connectivity index (χ3n) is 3.28. The first-order valence-electron chi connectivity index (χ1n) is 7.48. The Morgan fingerprint density at radius 3 is 2.58 bits per heavy atom. The zero-order valence-electron chi connectivity index (χ0n) is 13.4. The minimum atomic E-state index is -0.704. The van der Waals surface area contributed by atoms with Gasteiger partial charge in [0.25, 0.3) is 5.91 Å². The molecule has 0 unspecified atom stereocenters. The number of urea groups is 1. The Labute approximate surface area is 138 Å². The average molecular weight is 330 g/mol. The Hall–Kier alpha value is -3.03. The lowest BCUT2D eigenvalue weighted by Gasteiger charge is -2.11. The lowest BCUT2D eigenvalue weighted by atomic mass is 10.2. The minimum Gasteiger partial charge on any atom is -0.452 e. The molecular formula is C16H18N4O4. The zero-order chi connectivity index (χ0) is 17.5. The van der Waals surface area contributed by atoms with Crippen LogP contribution in [0.25, 0.3) is 11.0 Å². The number of carbonyl (C=O) groups is 3. The van der Waals surface area contributed by atoms with Crippen molar-refractivity contribution in [1.82, 2.24) is 20.6 Å². The van der Waals surface area contributed by atoms with Gasteiger partial charge < -0.3 is 10.1 Å². The van der Waals surface area contributed by atoms with Crippen molar-refractivity contribution < 1.29 is 19.1 Å². The van der Waals surface area contributed by atoms with E-state index in [2.05, 4.69) is 20.6 Å². The molecular weight excluding hydrogens is 312 g/mol. The molecule has 1 aromatic carbocycles. The third kappa shape index (κ3) is 4.73. The molecule has 0 aliphatic carbocycles. The van der Waals surface area contributed by atoms with Crippen LogP contribution in [-0.2, 0) is 9.53 Å². The number of hydrogen-bond acceptors (Lipinski definition) is 6. The Balaban J connectivity index is 1.87. The van der Waals surface area contributed by atoms with E-state index in [0.29, 0.717) is 11.0 Å². The summed E-state index contributed by atoms with van der Waals surface area (Å²) in [5, 5.41) is 4.67. The largest absolute Gasteiger partial charge is 0.452 e. The Bertz CT molecular complexity index is 763. The van der Waals surface area contributed by atoms with Gasteiger partial charge in [-0.05, 0) is 31.5 Å². The summed E-state index contributed by atoms with van der Waals surface area (Å²) in [4.78, 5) is 43.2. The molecule has 0 aliphatic heterocycles. The average Bonchev–Trinajstić information content (AvgIpc) is 2.58. The van der Waals surface area contributed by atoms with Gasteiger partial charge in [0.05, 0.1) is 16.6 Å². The van der Waals surface area contributed by atoms with Crippen LogP contribution in [0.15, 0.2) is 30.6 Å². The fourth-order valence-electron chi connectivity index (χ4n) is 1.83. The van der Waals surface area contributed by atoms with Gasteiger partial charge in [-0.3, -0.25) is 20.1 Å². The van der Waals surface area contributed by atoms with Gasteiger partial charge in [0.15, 0.2) is 6.61 Å². The minimum absolute atomic E-state index is 0.0564. The van der Waals surface area contributed by atoms with Crippen molar-refractivity contribution in [2.45, 2.75) is 26.3 Å². The second-order valence-electron chi connectivity index (χ2n) is 5.17.